The molecule has 2 aromatic heterocycles. The van der Waals surface area contributed by atoms with Crippen LogP contribution in [0.25, 0.3) is 5.13 Å². The van der Waals surface area contributed by atoms with Gasteiger partial charge in [-0.25, -0.2) is 9.97 Å². The highest BCUT2D eigenvalue weighted by molar-refractivity contribution is 9.10. The van der Waals surface area contributed by atoms with E-state index in [1.54, 1.807) is 19.1 Å². The number of aromatic nitrogens is 4. The lowest BCUT2D eigenvalue weighted by Crippen LogP contribution is -2.28. The number of nitrogens with zero attached hydrogens (tertiary/aromatic N) is 5. The van der Waals surface area contributed by atoms with E-state index in [0.29, 0.717) is 31.6 Å². The van der Waals surface area contributed by atoms with E-state index in [1.165, 1.54) is 34.6 Å². The smallest absolute Gasteiger partial charge is 0.252 e. The van der Waals surface area contributed by atoms with Gasteiger partial charge in [-0.1, -0.05) is 62.1 Å². The summed E-state index contributed by atoms with van der Waals surface area (Å²) < 4.78 is 7.60. The Hall–Kier alpha value is -2.16. The summed E-state index contributed by atoms with van der Waals surface area (Å²) in [5, 5.41) is 16.6. The number of nitriles is 1. The van der Waals surface area contributed by atoms with E-state index in [4.69, 9.17) is 44.8 Å². The number of nitrogens with one attached hydrogen (secondary N) is 1. The first-order valence-electron chi connectivity index (χ1n) is 8.46. The molecular weight excluding hydrogens is 551 g/mol. The van der Waals surface area contributed by atoms with Gasteiger partial charge in [0.1, 0.15) is 23.0 Å². The number of carbonyl (C=O) groups is 1. The predicted octanol–water partition coefficient (Wildman–Crippen LogP) is 5.11. The van der Waals surface area contributed by atoms with Crippen LogP contribution in [0.15, 0.2) is 45.8 Å². The van der Waals surface area contributed by atoms with Crippen molar-refractivity contribution in [1.29, 1.82) is 5.26 Å². The van der Waals surface area contributed by atoms with E-state index in [0.717, 1.165) is 5.54 Å². The second-order valence-electron chi connectivity index (χ2n) is 5.95. The molecule has 0 aliphatic heterocycles. The minimum absolute atomic E-state index is 0.101. The van der Waals surface area contributed by atoms with Crippen molar-refractivity contribution in [3.05, 3.63) is 62.0 Å². The number of ether oxygens (including phenoxy) is 1. The van der Waals surface area contributed by atoms with Crippen molar-refractivity contribution in [2.45, 2.75) is 18.5 Å². The van der Waals surface area contributed by atoms with E-state index in [1.807, 2.05) is 6.07 Å². The Morgan fingerprint density at radius 3 is 2.87 bits per heavy atom. The zero-order valence-corrected chi connectivity index (χ0v) is 20.3. The Morgan fingerprint density at radius 2 is 2.19 bits per heavy atom. The standard InChI is InChI=1S/C18H12BrCl3N6O2S/c1-9(16-25-8-26-28(16)18-24-7-13(6-23)31-18)27-17(29)10-2-11(19)4-12(3-10)30-15(22)14(21)5-20/h2-5,7-9,15H,1H3,(H,27,29)/t9-,15?/m0/s1. The molecule has 0 saturated heterocycles. The number of benzene rings is 1. The van der Waals surface area contributed by atoms with Crippen LogP contribution in [0.3, 0.4) is 0 Å². The lowest BCUT2D eigenvalue weighted by molar-refractivity contribution is 0.0937. The summed E-state index contributed by atoms with van der Waals surface area (Å²) in [5.41, 5.74) is 0.418. The molecule has 31 heavy (non-hydrogen) atoms. The summed E-state index contributed by atoms with van der Waals surface area (Å²) in [4.78, 5) is 21.7. The maximum Gasteiger partial charge on any atom is 0.252 e. The average molecular weight is 563 g/mol. The van der Waals surface area contributed by atoms with Crippen molar-refractivity contribution in [2.75, 3.05) is 0 Å². The number of carbonyl (C=O) groups excluding carboxylic acids is 1. The number of amides is 1. The van der Waals surface area contributed by atoms with Crippen LogP contribution in [0, 0.1) is 11.3 Å². The molecule has 0 saturated carbocycles. The summed E-state index contributed by atoms with van der Waals surface area (Å²) in [6.07, 6.45) is 2.80. The van der Waals surface area contributed by atoms with Gasteiger partial charge in [0, 0.05) is 15.6 Å². The SMILES string of the molecule is C[C@H](NC(=O)c1cc(Br)cc(OC(Cl)C(Cl)=CCl)c1)c1ncnn1-c1ncc(C#N)s1. The van der Waals surface area contributed by atoms with Gasteiger partial charge in [0.2, 0.25) is 10.7 Å². The summed E-state index contributed by atoms with van der Waals surface area (Å²) >= 11 is 21.9. The van der Waals surface area contributed by atoms with E-state index in [2.05, 4.69) is 36.3 Å². The average Bonchev–Trinajstić information content (AvgIpc) is 3.41. The summed E-state index contributed by atoms with van der Waals surface area (Å²) in [6.45, 7) is 1.76. The number of halogens is 4. The Kier molecular flexibility index (Phi) is 7.91. The maximum atomic E-state index is 12.8. The second-order valence-corrected chi connectivity index (χ2v) is 8.92. The van der Waals surface area contributed by atoms with Gasteiger partial charge in [0.25, 0.3) is 5.91 Å². The fraction of sp³-hybridized carbons (Fsp3) is 0.167. The summed E-state index contributed by atoms with van der Waals surface area (Å²) in [7, 11) is 0. The van der Waals surface area contributed by atoms with Crippen molar-refractivity contribution in [3.8, 4) is 17.0 Å². The Bertz CT molecular complexity index is 1180. The molecule has 0 spiro atoms. The topological polar surface area (TPSA) is 106 Å². The van der Waals surface area contributed by atoms with Crippen molar-refractivity contribution >= 4 is 68.0 Å². The van der Waals surface area contributed by atoms with Gasteiger partial charge in [0.15, 0.2) is 5.82 Å². The van der Waals surface area contributed by atoms with E-state index in [9.17, 15) is 4.79 Å². The Morgan fingerprint density at radius 1 is 1.42 bits per heavy atom. The predicted molar refractivity (Wildman–Crippen MR) is 122 cm³/mol. The first kappa shape index (κ1) is 23.5. The van der Waals surface area contributed by atoms with E-state index < -0.39 is 11.6 Å². The van der Waals surface area contributed by atoms with Gasteiger partial charge < -0.3 is 10.1 Å². The largest absolute Gasteiger partial charge is 0.469 e. The zero-order chi connectivity index (χ0) is 22.5. The molecular formula is C18H12BrCl3N6O2S. The molecule has 13 heteroatoms. The lowest BCUT2D eigenvalue weighted by Gasteiger charge is -2.15. The van der Waals surface area contributed by atoms with Gasteiger partial charge in [-0.05, 0) is 25.1 Å². The molecule has 2 atom stereocenters. The number of hydrogen-bond donors (Lipinski definition) is 1. The fourth-order valence-electron chi connectivity index (χ4n) is 2.44. The second kappa shape index (κ2) is 10.4. The van der Waals surface area contributed by atoms with Crippen LogP contribution in [0.2, 0.25) is 0 Å². The number of thiazole rings is 1. The molecule has 160 valence electrons. The monoisotopic (exact) mass is 560 g/mol. The molecule has 0 aliphatic rings. The molecule has 1 N–H and O–H groups in total. The van der Waals surface area contributed by atoms with Gasteiger partial charge in [-0.2, -0.15) is 15.0 Å². The van der Waals surface area contributed by atoms with Crippen LogP contribution in [0.4, 0.5) is 0 Å². The van der Waals surface area contributed by atoms with Crippen LogP contribution in [0.5, 0.6) is 5.75 Å². The highest BCUT2D eigenvalue weighted by Crippen LogP contribution is 2.27. The summed E-state index contributed by atoms with van der Waals surface area (Å²) in [6, 6.07) is 6.30. The molecule has 1 unspecified atom stereocenters. The minimum atomic E-state index is -1.00. The van der Waals surface area contributed by atoms with Crippen LogP contribution in [0.1, 0.15) is 34.0 Å². The van der Waals surface area contributed by atoms with E-state index in [-0.39, 0.29) is 10.9 Å². The van der Waals surface area contributed by atoms with Crippen molar-refractivity contribution in [2.24, 2.45) is 0 Å². The van der Waals surface area contributed by atoms with Crippen molar-refractivity contribution < 1.29 is 9.53 Å². The third-order valence-electron chi connectivity index (χ3n) is 3.79. The Labute approximate surface area is 204 Å². The molecule has 1 aromatic carbocycles. The molecule has 3 aromatic rings. The van der Waals surface area contributed by atoms with Crippen LogP contribution in [-0.4, -0.2) is 31.2 Å². The molecule has 1 amide bonds. The van der Waals surface area contributed by atoms with Crippen LogP contribution >= 0.6 is 62.1 Å². The normalized spacial score (nSPS) is 13.4. The molecule has 0 fully saturated rings. The van der Waals surface area contributed by atoms with Gasteiger partial charge >= 0.3 is 0 Å². The first-order chi connectivity index (χ1) is 14.8. The first-order valence-corrected chi connectivity index (χ1v) is 11.3. The number of rotatable bonds is 7. The van der Waals surface area contributed by atoms with Crippen molar-refractivity contribution in [3.63, 3.8) is 0 Å². The van der Waals surface area contributed by atoms with Crippen molar-refractivity contribution in [1.82, 2.24) is 25.1 Å². The van der Waals surface area contributed by atoms with Crippen LogP contribution < -0.4 is 10.1 Å². The zero-order valence-electron chi connectivity index (χ0n) is 15.6. The molecule has 0 bridgehead atoms. The highest BCUT2D eigenvalue weighted by atomic mass is 79.9. The lowest BCUT2D eigenvalue weighted by atomic mass is 10.2. The maximum absolute atomic E-state index is 12.8. The number of alkyl halides is 1. The third kappa shape index (κ3) is 5.75. The molecule has 0 aliphatic carbocycles. The molecule has 3 rings (SSSR count). The molecule has 8 nitrogen and oxygen atoms in total. The van der Waals surface area contributed by atoms with Gasteiger partial charge in [-0.15, -0.1) is 0 Å². The molecule has 0 radical (unpaired) electrons. The fourth-order valence-corrected chi connectivity index (χ4v) is 3.98. The Balaban J connectivity index is 1.78. The van der Waals surface area contributed by atoms with Gasteiger partial charge in [-0.3, -0.25) is 4.79 Å². The quantitative estimate of drug-likeness (QED) is 0.401. The van der Waals surface area contributed by atoms with Gasteiger partial charge in [0.05, 0.1) is 17.3 Å². The highest BCUT2D eigenvalue weighted by Gasteiger charge is 2.20. The van der Waals surface area contributed by atoms with Crippen LogP contribution in [-0.2, 0) is 0 Å². The number of hydrogen-bond acceptors (Lipinski definition) is 7. The minimum Gasteiger partial charge on any atom is -0.469 e. The molecule has 2 heterocycles. The third-order valence-corrected chi connectivity index (χ3v) is 6.21. The summed E-state index contributed by atoms with van der Waals surface area (Å²) in [5.74, 6) is 0.396. The van der Waals surface area contributed by atoms with E-state index >= 15 is 0 Å².